The summed E-state index contributed by atoms with van der Waals surface area (Å²) in [4.78, 5) is 14.2. The van der Waals surface area contributed by atoms with Crippen molar-refractivity contribution in [3.05, 3.63) is 12.2 Å². The molecule has 0 aromatic rings. The fraction of sp³-hybridized carbons (Fsp3) is 0.769. The van der Waals surface area contributed by atoms with Crippen LogP contribution >= 0.6 is 0 Å². The Morgan fingerprint density at radius 3 is 2.88 bits per heavy atom. The zero-order valence-electron chi connectivity index (χ0n) is 9.77. The first-order valence-corrected chi connectivity index (χ1v) is 6.39. The molecule has 1 aliphatic carbocycles. The van der Waals surface area contributed by atoms with Gasteiger partial charge in [0, 0.05) is 12.5 Å². The lowest BCUT2D eigenvalue weighted by molar-refractivity contribution is -0.140. The van der Waals surface area contributed by atoms with Crippen molar-refractivity contribution < 1.29 is 9.90 Å². The number of hydrogen-bond donors (Lipinski definition) is 1. The lowest BCUT2D eigenvalue weighted by Gasteiger charge is -2.37. The summed E-state index contributed by atoms with van der Waals surface area (Å²) in [7, 11) is 0. The Balaban J connectivity index is 1.98. The smallest absolute Gasteiger partial charge is 0.226 e. The summed E-state index contributed by atoms with van der Waals surface area (Å²) in [5.74, 6) is 0.431. The van der Waals surface area contributed by atoms with E-state index in [1.807, 2.05) is 4.90 Å². The van der Waals surface area contributed by atoms with Gasteiger partial charge in [-0.25, -0.2) is 0 Å². The van der Waals surface area contributed by atoms with E-state index in [1.165, 1.54) is 0 Å². The van der Waals surface area contributed by atoms with Gasteiger partial charge in [-0.3, -0.25) is 4.79 Å². The SMILES string of the molecule is O=C(C1CC=CCC1)N1CCCCC1CO. The van der Waals surface area contributed by atoms with Crippen molar-refractivity contribution in [2.45, 2.75) is 44.6 Å². The molecule has 2 atom stereocenters. The number of aliphatic hydroxyl groups is 1. The summed E-state index contributed by atoms with van der Waals surface area (Å²) >= 11 is 0. The monoisotopic (exact) mass is 223 g/mol. The predicted molar refractivity (Wildman–Crippen MR) is 62.9 cm³/mol. The number of amides is 1. The van der Waals surface area contributed by atoms with Crippen molar-refractivity contribution >= 4 is 5.91 Å². The first kappa shape index (κ1) is 11.6. The topological polar surface area (TPSA) is 40.5 Å². The molecule has 0 radical (unpaired) electrons. The molecule has 1 aliphatic heterocycles. The molecule has 3 heteroatoms. The summed E-state index contributed by atoms with van der Waals surface area (Å²) < 4.78 is 0. The van der Waals surface area contributed by atoms with E-state index >= 15 is 0 Å². The third-order valence-electron chi connectivity index (χ3n) is 3.74. The Hall–Kier alpha value is -0.830. The van der Waals surface area contributed by atoms with Crippen molar-refractivity contribution in [3.63, 3.8) is 0 Å². The minimum Gasteiger partial charge on any atom is -0.394 e. The molecule has 2 unspecified atom stereocenters. The summed E-state index contributed by atoms with van der Waals surface area (Å²) in [6.45, 7) is 0.957. The number of carbonyl (C=O) groups excluding carboxylic acids is 1. The number of piperidine rings is 1. The van der Waals surface area contributed by atoms with Gasteiger partial charge in [0.1, 0.15) is 0 Å². The summed E-state index contributed by atoms with van der Waals surface area (Å²) in [5.41, 5.74) is 0. The third-order valence-corrected chi connectivity index (χ3v) is 3.74. The average molecular weight is 223 g/mol. The number of likely N-dealkylation sites (tertiary alicyclic amines) is 1. The van der Waals surface area contributed by atoms with E-state index in [4.69, 9.17) is 0 Å². The highest BCUT2D eigenvalue weighted by molar-refractivity contribution is 5.79. The quantitative estimate of drug-likeness (QED) is 0.724. The van der Waals surface area contributed by atoms with E-state index in [1.54, 1.807) is 0 Å². The van der Waals surface area contributed by atoms with Gasteiger partial charge in [0.2, 0.25) is 5.91 Å². The molecule has 90 valence electrons. The van der Waals surface area contributed by atoms with E-state index in [2.05, 4.69) is 12.2 Å². The van der Waals surface area contributed by atoms with Crippen LogP contribution in [0.5, 0.6) is 0 Å². The summed E-state index contributed by atoms with van der Waals surface area (Å²) in [5, 5.41) is 9.30. The van der Waals surface area contributed by atoms with Crippen molar-refractivity contribution in [3.8, 4) is 0 Å². The Kier molecular flexibility index (Phi) is 3.99. The lowest BCUT2D eigenvalue weighted by Crippen LogP contribution is -2.48. The van der Waals surface area contributed by atoms with Crippen molar-refractivity contribution in [1.82, 2.24) is 4.90 Å². The molecule has 0 saturated carbocycles. The summed E-state index contributed by atoms with van der Waals surface area (Å²) in [6.07, 6.45) is 10.3. The van der Waals surface area contributed by atoms with Crippen LogP contribution in [0.15, 0.2) is 12.2 Å². The first-order valence-electron chi connectivity index (χ1n) is 6.39. The number of carbonyl (C=O) groups is 1. The number of rotatable bonds is 2. The number of allylic oxidation sites excluding steroid dienone is 2. The molecule has 0 bridgehead atoms. The minimum atomic E-state index is 0.0761. The second-order valence-electron chi connectivity index (χ2n) is 4.85. The van der Waals surface area contributed by atoms with Gasteiger partial charge in [0.15, 0.2) is 0 Å². The molecule has 0 spiro atoms. The first-order chi connectivity index (χ1) is 7.83. The van der Waals surface area contributed by atoms with E-state index in [0.717, 1.165) is 45.1 Å². The summed E-state index contributed by atoms with van der Waals surface area (Å²) in [6, 6.07) is 0.0761. The highest BCUT2D eigenvalue weighted by Gasteiger charge is 2.30. The van der Waals surface area contributed by atoms with Crippen molar-refractivity contribution in [2.75, 3.05) is 13.2 Å². The molecule has 1 fully saturated rings. The van der Waals surface area contributed by atoms with E-state index in [9.17, 15) is 9.90 Å². The van der Waals surface area contributed by atoms with Crippen LogP contribution in [0.4, 0.5) is 0 Å². The lowest BCUT2D eigenvalue weighted by atomic mass is 9.91. The van der Waals surface area contributed by atoms with Gasteiger partial charge in [-0.1, -0.05) is 12.2 Å². The molecule has 1 N–H and O–H groups in total. The standard InChI is InChI=1S/C13H21NO2/c15-10-12-8-4-5-9-14(12)13(16)11-6-2-1-3-7-11/h1-2,11-12,15H,3-10H2. The fourth-order valence-electron chi connectivity index (χ4n) is 2.73. The van der Waals surface area contributed by atoms with Gasteiger partial charge < -0.3 is 10.0 Å². The molecule has 2 rings (SSSR count). The highest BCUT2D eigenvalue weighted by atomic mass is 16.3. The highest BCUT2D eigenvalue weighted by Crippen LogP contribution is 2.25. The zero-order valence-corrected chi connectivity index (χ0v) is 9.77. The largest absolute Gasteiger partial charge is 0.394 e. The second-order valence-corrected chi connectivity index (χ2v) is 4.85. The molecule has 0 aromatic heterocycles. The molecule has 1 amide bonds. The minimum absolute atomic E-state index is 0.0761. The number of aliphatic hydroxyl groups excluding tert-OH is 1. The van der Waals surface area contributed by atoms with Gasteiger partial charge in [-0.15, -0.1) is 0 Å². The van der Waals surface area contributed by atoms with E-state index in [-0.39, 0.29) is 24.5 Å². The third kappa shape index (κ3) is 2.46. The van der Waals surface area contributed by atoms with Gasteiger partial charge in [0.05, 0.1) is 12.6 Å². The van der Waals surface area contributed by atoms with E-state index < -0.39 is 0 Å². The van der Waals surface area contributed by atoms with Crippen LogP contribution in [0.2, 0.25) is 0 Å². The maximum absolute atomic E-state index is 12.3. The van der Waals surface area contributed by atoms with Crippen molar-refractivity contribution in [2.24, 2.45) is 5.92 Å². The van der Waals surface area contributed by atoms with Crippen LogP contribution in [0.25, 0.3) is 0 Å². The molecule has 0 aromatic carbocycles. The zero-order chi connectivity index (χ0) is 11.4. The van der Waals surface area contributed by atoms with Gasteiger partial charge >= 0.3 is 0 Å². The molecular weight excluding hydrogens is 202 g/mol. The molecule has 1 heterocycles. The number of hydrogen-bond acceptors (Lipinski definition) is 2. The average Bonchev–Trinajstić information content (AvgIpc) is 2.39. The maximum atomic E-state index is 12.3. The van der Waals surface area contributed by atoms with Crippen LogP contribution in [-0.2, 0) is 4.79 Å². The van der Waals surface area contributed by atoms with Gasteiger partial charge in [-0.2, -0.15) is 0 Å². The second kappa shape index (κ2) is 5.48. The molecule has 2 aliphatic rings. The van der Waals surface area contributed by atoms with Gasteiger partial charge in [0.25, 0.3) is 0 Å². The van der Waals surface area contributed by atoms with Crippen LogP contribution < -0.4 is 0 Å². The van der Waals surface area contributed by atoms with Crippen LogP contribution in [0.1, 0.15) is 38.5 Å². The van der Waals surface area contributed by atoms with Crippen molar-refractivity contribution in [1.29, 1.82) is 0 Å². The Labute approximate surface area is 97.1 Å². The van der Waals surface area contributed by atoms with E-state index in [0.29, 0.717) is 0 Å². The van der Waals surface area contributed by atoms with Crippen LogP contribution in [-0.4, -0.2) is 35.1 Å². The molecule has 1 saturated heterocycles. The normalized spacial score (nSPS) is 30.4. The Bertz CT molecular complexity index is 275. The maximum Gasteiger partial charge on any atom is 0.226 e. The van der Waals surface area contributed by atoms with Crippen LogP contribution in [0, 0.1) is 5.92 Å². The Morgan fingerprint density at radius 1 is 1.31 bits per heavy atom. The van der Waals surface area contributed by atoms with Crippen LogP contribution in [0.3, 0.4) is 0 Å². The van der Waals surface area contributed by atoms with Gasteiger partial charge in [-0.05, 0) is 38.5 Å². The molecular formula is C13H21NO2. The Morgan fingerprint density at radius 2 is 2.19 bits per heavy atom. The fourth-order valence-corrected chi connectivity index (χ4v) is 2.73. The molecule has 16 heavy (non-hydrogen) atoms. The molecule has 3 nitrogen and oxygen atoms in total. The number of nitrogens with zero attached hydrogens (tertiary/aromatic N) is 1. The predicted octanol–water partition coefficient (Wildman–Crippen LogP) is 1.72.